The molecule has 0 spiro atoms. The Morgan fingerprint density at radius 2 is 0.971 bits per heavy atom. The second-order valence-corrected chi connectivity index (χ2v) is 11.6. The molecule has 0 aromatic heterocycles. The third kappa shape index (κ3) is 15.9. The number of hydrogen-bond donors (Lipinski definition) is 0. The van der Waals surface area contributed by atoms with Crippen molar-refractivity contribution >= 4 is 10.1 Å². The molecular formula is C30H54O3S. The van der Waals surface area contributed by atoms with Crippen LogP contribution in [-0.2, 0) is 20.7 Å². The van der Waals surface area contributed by atoms with Crippen LogP contribution in [0.25, 0.3) is 0 Å². The normalized spacial score (nSPS) is 11.8. The Morgan fingerprint density at radius 3 is 1.47 bits per heavy atom. The Morgan fingerprint density at radius 1 is 0.559 bits per heavy atom. The number of rotatable bonds is 24. The third-order valence-electron chi connectivity index (χ3n) is 6.78. The van der Waals surface area contributed by atoms with Crippen LogP contribution in [0.5, 0.6) is 0 Å². The van der Waals surface area contributed by atoms with Crippen molar-refractivity contribution in [3.63, 3.8) is 0 Å². The zero-order valence-electron chi connectivity index (χ0n) is 22.5. The molecule has 198 valence electrons. The van der Waals surface area contributed by atoms with Crippen LogP contribution in [0.4, 0.5) is 0 Å². The van der Waals surface area contributed by atoms with Crippen LogP contribution in [0.3, 0.4) is 0 Å². The highest BCUT2D eigenvalue weighted by molar-refractivity contribution is 7.86. The Bertz CT molecular complexity index is 684. The standard InChI is InChI=1S/C30H54O3S/c1-3-5-7-9-11-13-15-17-19-21-25-29-26-22-23-27-30(29)34(31,32)33-28-24-20-18-16-14-12-10-8-6-4-2/h22-23,26-27H,3-21,24-25,28H2,1-2H3. The largest absolute Gasteiger partial charge is 0.297 e. The van der Waals surface area contributed by atoms with E-state index >= 15 is 0 Å². The van der Waals surface area contributed by atoms with Crippen LogP contribution in [-0.4, -0.2) is 15.0 Å². The lowest BCUT2D eigenvalue weighted by molar-refractivity contribution is 0.305. The number of hydrogen-bond acceptors (Lipinski definition) is 3. The third-order valence-corrected chi connectivity index (χ3v) is 8.19. The smallest absolute Gasteiger partial charge is 0.266 e. The summed E-state index contributed by atoms with van der Waals surface area (Å²) in [6, 6.07) is 7.40. The van der Waals surface area contributed by atoms with E-state index in [1.54, 1.807) is 12.1 Å². The Hall–Kier alpha value is -0.870. The van der Waals surface area contributed by atoms with Crippen molar-refractivity contribution in [1.82, 2.24) is 0 Å². The summed E-state index contributed by atoms with van der Waals surface area (Å²) in [7, 11) is -3.66. The zero-order valence-corrected chi connectivity index (χ0v) is 23.3. The molecule has 1 rings (SSSR count). The van der Waals surface area contributed by atoms with Gasteiger partial charge in [0.05, 0.1) is 11.5 Å². The molecule has 0 saturated carbocycles. The lowest BCUT2D eigenvalue weighted by Gasteiger charge is -2.11. The molecule has 0 aliphatic carbocycles. The fourth-order valence-electron chi connectivity index (χ4n) is 4.58. The molecule has 0 N–H and O–H groups in total. The minimum Gasteiger partial charge on any atom is -0.266 e. The summed E-state index contributed by atoms with van der Waals surface area (Å²) in [4.78, 5) is 0.373. The van der Waals surface area contributed by atoms with Crippen molar-refractivity contribution in [2.45, 2.75) is 154 Å². The molecule has 0 unspecified atom stereocenters. The van der Waals surface area contributed by atoms with Gasteiger partial charge < -0.3 is 0 Å². The average Bonchev–Trinajstić information content (AvgIpc) is 2.84. The van der Waals surface area contributed by atoms with Crippen LogP contribution >= 0.6 is 0 Å². The van der Waals surface area contributed by atoms with E-state index in [-0.39, 0.29) is 0 Å². The van der Waals surface area contributed by atoms with Crippen molar-refractivity contribution in [3.8, 4) is 0 Å². The summed E-state index contributed by atoms with van der Waals surface area (Å²) in [5.41, 5.74) is 0.908. The Balaban J connectivity index is 2.19. The minimum atomic E-state index is -3.66. The van der Waals surface area contributed by atoms with Gasteiger partial charge in [-0.25, -0.2) is 0 Å². The maximum Gasteiger partial charge on any atom is 0.297 e. The van der Waals surface area contributed by atoms with Gasteiger partial charge in [0.1, 0.15) is 0 Å². The van der Waals surface area contributed by atoms with E-state index in [0.29, 0.717) is 11.5 Å². The van der Waals surface area contributed by atoms with E-state index in [2.05, 4.69) is 13.8 Å². The minimum absolute atomic E-state index is 0.297. The molecule has 0 amide bonds. The number of aryl methyl sites for hydroxylation is 1. The first-order valence-corrected chi connectivity index (χ1v) is 16.0. The van der Waals surface area contributed by atoms with Crippen LogP contribution < -0.4 is 0 Å². The van der Waals surface area contributed by atoms with Gasteiger partial charge in [-0.05, 0) is 30.9 Å². The van der Waals surface area contributed by atoms with Crippen LogP contribution in [0.1, 0.15) is 148 Å². The summed E-state index contributed by atoms with van der Waals surface area (Å²) in [6.07, 6.45) is 26.0. The fraction of sp³-hybridized carbons (Fsp3) is 0.800. The van der Waals surface area contributed by atoms with Crippen molar-refractivity contribution in [3.05, 3.63) is 29.8 Å². The quantitative estimate of drug-likeness (QED) is 0.106. The molecule has 34 heavy (non-hydrogen) atoms. The lowest BCUT2D eigenvalue weighted by Crippen LogP contribution is -2.10. The van der Waals surface area contributed by atoms with Crippen molar-refractivity contribution in [1.29, 1.82) is 0 Å². The Labute approximate surface area is 212 Å². The van der Waals surface area contributed by atoms with Gasteiger partial charge in [-0.2, -0.15) is 8.42 Å². The molecule has 0 atom stereocenters. The van der Waals surface area contributed by atoms with Gasteiger partial charge in [0.15, 0.2) is 0 Å². The average molecular weight is 495 g/mol. The second kappa shape index (κ2) is 21.4. The summed E-state index contributed by atoms with van der Waals surface area (Å²) < 4.78 is 30.9. The molecule has 0 radical (unpaired) electrons. The molecule has 0 fully saturated rings. The Kier molecular flexibility index (Phi) is 19.6. The van der Waals surface area contributed by atoms with Crippen LogP contribution in [0.15, 0.2) is 29.2 Å². The van der Waals surface area contributed by atoms with Gasteiger partial charge in [-0.3, -0.25) is 4.18 Å². The van der Waals surface area contributed by atoms with E-state index in [9.17, 15) is 8.42 Å². The van der Waals surface area contributed by atoms with Gasteiger partial charge in [-0.1, -0.05) is 148 Å². The van der Waals surface area contributed by atoms with E-state index in [1.165, 1.54) is 109 Å². The zero-order chi connectivity index (χ0) is 24.7. The van der Waals surface area contributed by atoms with Crippen molar-refractivity contribution in [2.24, 2.45) is 0 Å². The van der Waals surface area contributed by atoms with E-state index in [4.69, 9.17) is 4.18 Å². The van der Waals surface area contributed by atoms with Gasteiger partial charge in [-0.15, -0.1) is 0 Å². The lowest BCUT2D eigenvalue weighted by atomic mass is 10.0. The molecule has 1 aromatic rings. The van der Waals surface area contributed by atoms with E-state index in [1.807, 2.05) is 12.1 Å². The van der Waals surface area contributed by atoms with Gasteiger partial charge in [0, 0.05) is 0 Å². The highest BCUT2D eigenvalue weighted by atomic mass is 32.2. The summed E-state index contributed by atoms with van der Waals surface area (Å²) >= 11 is 0. The van der Waals surface area contributed by atoms with Crippen molar-refractivity contribution < 1.29 is 12.6 Å². The molecule has 0 aliphatic rings. The van der Waals surface area contributed by atoms with Gasteiger partial charge in [0.2, 0.25) is 0 Å². The van der Waals surface area contributed by atoms with Gasteiger partial charge >= 0.3 is 0 Å². The van der Waals surface area contributed by atoms with E-state index in [0.717, 1.165) is 31.2 Å². The van der Waals surface area contributed by atoms with Gasteiger partial charge in [0.25, 0.3) is 10.1 Å². The summed E-state index contributed by atoms with van der Waals surface area (Å²) in [5, 5.41) is 0. The molecule has 1 aromatic carbocycles. The first kappa shape index (κ1) is 31.2. The highest BCUT2D eigenvalue weighted by Crippen LogP contribution is 2.21. The SMILES string of the molecule is CCCCCCCCCCCCOS(=O)(=O)c1ccccc1CCCCCCCCCCCC. The first-order valence-electron chi connectivity index (χ1n) is 14.6. The predicted octanol–water partition coefficient (Wildman–Crippen LogP) is 9.78. The molecule has 3 nitrogen and oxygen atoms in total. The molecular weight excluding hydrogens is 440 g/mol. The number of unbranched alkanes of at least 4 members (excludes halogenated alkanes) is 18. The fourth-order valence-corrected chi connectivity index (χ4v) is 5.78. The second-order valence-electron chi connectivity index (χ2n) is 10.00. The number of benzene rings is 1. The monoisotopic (exact) mass is 494 g/mol. The molecule has 0 saturated heterocycles. The first-order chi connectivity index (χ1) is 16.6. The maximum atomic E-state index is 12.8. The maximum absolute atomic E-state index is 12.8. The summed E-state index contributed by atoms with van der Waals surface area (Å²) in [5.74, 6) is 0. The summed E-state index contributed by atoms with van der Waals surface area (Å²) in [6.45, 7) is 4.80. The van der Waals surface area contributed by atoms with Crippen LogP contribution in [0, 0.1) is 0 Å². The molecule has 0 heterocycles. The molecule has 0 bridgehead atoms. The predicted molar refractivity (Wildman–Crippen MR) is 147 cm³/mol. The molecule has 0 aliphatic heterocycles. The molecule has 4 heteroatoms. The van der Waals surface area contributed by atoms with Crippen LogP contribution in [0.2, 0.25) is 0 Å². The van der Waals surface area contributed by atoms with Crippen molar-refractivity contribution in [2.75, 3.05) is 6.61 Å². The topological polar surface area (TPSA) is 43.4 Å². The van der Waals surface area contributed by atoms with E-state index < -0.39 is 10.1 Å². The highest BCUT2D eigenvalue weighted by Gasteiger charge is 2.18.